The summed E-state index contributed by atoms with van der Waals surface area (Å²) >= 11 is 0. The molecule has 0 aromatic carbocycles. The lowest BCUT2D eigenvalue weighted by molar-refractivity contribution is -0.153. The predicted molar refractivity (Wildman–Crippen MR) is 105 cm³/mol. The van der Waals surface area contributed by atoms with Crippen LogP contribution in [0.15, 0.2) is 12.7 Å². The van der Waals surface area contributed by atoms with Gasteiger partial charge in [0, 0.05) is 7.11 Å². The molecule has 0 aromatic rings. The smallest absolute Gasteiger partial charge is 0.329 e. The van der Waals surface area contributed by atoms with Crippen molar-refractivity contribution in [3.05, 3.63) is 12.7 Å². The fourth-order valence-electron chi connectivity index (χ4n) is 2.87. The van der Waals surface area contributed by atoms with E-state index < -0.39 is 41.1 Å². The van der Waals surface area contributed by atoms with E-state index in [2.05, 4.69) is 11.9 Å². The van der Waals surface area contributed by atoms with Crippen molar-refractivity contribution >= 4 is 17.8 Å². The van der Waals surface area contributed by atoms with E-state index in [9.17, 15) is 14.4 Å². The Balaban J connectivity index is 5.58. The molecule has 2 amide bonds. The van der Waals surface area contributed by atoms with Gasteiger partial charge in [0.1, 0.15) is 12.6 Å². The molecule has 0 aliphatic heterocycles. The van der Waals surface area contributed by atoms with E-state index in [0.717, 1.165) is 0 Å². The van der Waals surface area contributed by atoms with E-state index in [1.807, 2.05) is 34.6 Å². The maximum atomic E-state index is 13.1. The molecule has 0 rings (SSSR count). The first-order chi connectivity index (χ1) is 13.0. The van der Waals surface area contributed by atoms with Crippen LogP contribution >= 0.6 is 0 Å². The molecule has 0 saturated heterocycles. The van der Waals surface area contributed by atoms with Crippen LogP contribution in [0.4, 0.5) is 0 Å². The summed E-state index contributed by atoms with van der Waals surface area (Å²) < 4.78 is 10.1. The second-order valence-corrected chi connectivity index (χ2v) is 8.31. The molecule has 0 unspecified atom stereocenters. The number of amides is 2. The summed E-state index contributed by atoms with van der Waals surface area (Å²) in [7, 11) is 1.50. The van der Waals surface area contributed by atoms with Crippen molar-refractivity contribution in [3.8, 4) is 0 Å². The van der Waals surface area contributed by atoms with Crippen molar-refractivity contribution < 1.29 is 29.1 Å². The monoisotopic (exact) mass is 400 g/mol. The van der Waals surface area contributed by atoms with Crippen molar-refractivity contribution in [2.45, 2.75) is 53.5 Å². The highest BCUT2D eigenvalue weighted by Crippen LogP contribution is 2.27. The Bertz CT molecular complexity index is 527. The first kappa shape index (κ1) is 26.1. The molecule has 0 spiro atoms. The third-order valence-corrected chi connectivity index (χ3v) is 4.34. The van der Waals surface area contributed by atoms with Crippen LogP contribution in [-0.2, 0) is 23.9 Å². The summed E-state index contributed by atoms with van der Waals surface area (Å²) in [5, 5.41) is 11.8. The summed E-state index contributed by atoms with van der Waals surface area (Å²) in [4.78, 5) is 37.7. The number of rotatable bonds is 12. The molecule has 0 aliphatic rings. The molecule has 0 bridgehead atoms. The van der Waals surface area contributed by atoms with Crippen molar-refractivity contribution in [3.63, 3.8) is 0 Å². The fourth-order valence-corrected chi connectivity index (χ4v) is 2.87. The van der Waals surface area contributed by atoms with Gasteiger partial charge in [-0.2, -0.15) is 0 Å². The first-order valence-electron chi connectivity index (χ1n) is 9.50. The zero-order valence-corrected chi connectivity index (χ0v) is 17.9. The number of methoxy groups -OCH3 is 1. The minimum absolute atomic E-state index is 0.0826. The molecule has 3 N–H and O–H groups in total. The molecule has 0 aliphatic carbocycles. The third kappa shape index (κ3) is 8.84. The molecule has 0 aromatic heterocycles. The molecule has 0 heterocycles. The van der Waals surface area contributed by atoms with E-state index in [0.29, 0.717) is 6.42 Å². The van der Waals surface area contributed by atoms with Crippen LogP contribution in [0.5, 0.6) is 0 Å². The van der Waals surface area contributed by atoms with Gasteiger partial charge in [0.05, 0.1) is 18.4 Å². The number of ether oxygens (including phenoxy) is 2. The average molecular weight is 401 g/mol. The van der Waals surface area contributed by atoms with E-state index in [1.165, 1.54) is 13.2 Å². The van der Waals surface area contributed by atoms with Crippen molar-refractivity contribution in [1.82, 2.24) is 10.8 Å². The molecule has 8 nitrogen and oxygen atoms in total. The van der Waals surface area contributed by atoms with Gasteiger partial charge in [-0.15, -0.1) is 6.58 Å². The second-order valence-electron chi connectivity index (χ2n) is 8.31. The molecular formula is C20H36N2O6. The van der Waals surface area contributed by atoms with Crippen LogP contribution in [0, 0.1) is 23.2 Å². The summed E-state index contributed by atoms with van der Waals surface area (Å²) in [6.45, 7) is 13.3. The highest BCUT2D eigenvalue weighted by atomic mass is 16.6. The van der Waals surface area contributed by atoms with Gasteiger partial charge in [0.25, 0.3) is 0 Å². The summed E-state index contributed by atoms with van der Waals surface area (Å²) in [5.41, 5.74) is 1.03. The van der Waals surface area contributed by atoms with Crippen LogP contribution in [0.25, 0.3) is 0 Å². The van der Waals surface area contributed by atoms with E-state index in [1.54, 1.807) is 5.48 Å². The van der Waals surface area contributed by atoms with Crippen LogP contribution in [0.2, 0.25) is 0 Å². The number of hydroxylamine groups is 1. The van der Waals surface area contributed by atoms with Gasteiger partial charge in [0.2, 0.25) is 11.8 Å². The predicted octanol–water partition coefficient (Wildman–Crippen LogP) is 2.07. The van der Waals surface area contributed by atoms with Crippen LogP contribution in [0.3, 0.4) is 0 Å². The number of carbonyl (C=O) groups excluding carboxylic acids is 3. The van der Waals surface area contributed by atoms with Crippen molar-refractivity contribution in [2.24, 2.45) is 23.2 Å². The van der Waals surface area contributed by atoms with Crippen molar-refractivity contribution in [2.75, 3.05) is 20.3 Å². The Kier molecular flexibility index (Phi) is 11.7. The number of carbonyl (C=O) groups is 3. The summed E-state index contributed by atoms with van der Waals surface area (Å²) in [6, 6.07) is -0.895. The highest BCUT2D eigenvalue weighted by molar-refractivity contribution is 5.90. The maximum absolute atomic E-state index is 13.1. The van der Waals surface area contributed by atoms with Gasteiger partial charge >= 0.3 is 5.97 Å². The number of hydrogen-bond donors (Lipinski definition) is 3. The summed E-state index contributed by atoms with van der Waals surface area (Å²) in [6.07, 6.45) is 2.16. The Morgan fingerprint density at radius 2 is 1.71 bits per heavy atom. The molecular weight excluding hydrogens is 364 g/mol. The minimum Gasteiger partial charge on any atom is -0.462 e. The highest BCUT2D eigenvalue weighted by Gasteiger charge is 2.39. The number of esters is 1. The Morgan fingerprint density at radius 1 is 1.11 bits per heavy atom. The molecule has 0 fully saturated rings. The Morgan fingerprint density at radius 3 is 2.14 bits per heavy atom. The van der Waals surface area contributed by atoms with E-state index >= 15 is 0 Å². The normalized spacial score (nSPS) is 14.7. The van der Waals surface area contributed by atoms with Gasteiger partial charge in [-0.3, -0.25) is 14.8 Å². The average Bonchev–Trinajstić information content (AvgIpc) is 2.60. The standard InChI is InChI=1S/C20H36N2O6/c1-8-9-14(18(24)22-26)15(12-13(2)3)17(23)21-16(20(4,5)6)19(25)28-11-10-27-7/h8,13-16,26H,1,9-12H2,2-7H3,(H,21,23)(H,22,24)/t14-,15+,16+/m0/s1. The van der Waals surface area contributed by atoms with Gasteiger partial charge in [-0.1, -0.05) is 40.7 Å². The number of allylic oxidation sites excluding steroid dienone is 1. The van der Waals surface area contributed by atoms with Gasteiger partial charge in [-0.25, -0.2) is 10.3 Å². The Hall–Kier alpha value is -1.93. The fraction of sp³-hybridized carbons (Fsp3) is 0.750. The van der Waals surface area contributed by atoms with Crippen LogP contribution < -0.4 is 10.8 Å². The zero-order valence-electron chi connectivity index (χ0n) is 17.9. The third-order valence-electron chi connectivity index (χ3n) is 4.34. The van der Waals surface area contributed by atoms with E-state index in [4.69, 9.17) is 14.7 Å². The van der Waals surface area contributed by atoms with Gasteiger partial charge in [0.15, 0.2) is 0 Å². The van der Waals surface area contributed by atoms with Crippen LogP contribution in [0.1, 0.15) is 47.5 Å². The number of hydrogen-bond acceptors (Lipinski definition) is 6. The number of nitrogens with one attached hydrogen (secondary N) is 2. The molecule has 0 radical (unpaired) electrons. The second kappa shape index (κ2) is 12.5. The van der Waals surface area contributed by atoms with Crippen molar-refractivity contribution in [1.29, 1.82) is 0 Å². The quantitative estimate of drug-likeness (QED) is 0.152. The SMILES string of the molecule is C=CC[C@H](C(=O)NO)[C@@H](CC(C)C)C(=O)N[C@H](C(=O)OCCOC)C(C)(C)C. The molecule has 0 saturated carbocycles. The lowest BCUT2D eigenvalue weighted by Gasteiger charge is -2.32. The maximum Gasteiger partial charge on any atom is 0.329 e. The van der Waals surface area contributed by atoms with Gasteiger partial charge < -0.3 is 14.8 Å². The molecule has 8 heteroatoms. The van der Waals surface area contributed by atoms with E-state index in [-0.39, 0.29) is 25.6 Å². The molecule has 3 atom stereocenters. The lowest BCUT2D eigenvalue weighted by atomic mass is 9.80. The Labute approximate surface area is 168 Å². The topological polar surface area (TPSA) is 114 Å². The first-order valence-corrected chi connectivity index (χ1v) is 9.50. The van der Waals surface area contributed by atoms with Crippen LogP contribution in [-0.4, -0.2) is 49.4 Å². The van der Waals surface area contributed by atoms with Gasteiger partial charge in [-0.05, 0) is 24.2 Å². The largest absolute Gasteiger partial charge is 0.462 e. The molecule has 162 valence electrons. The minimum atomic E-state index is -0.895. The molecule has 28 heavy (non-hydrogen) atoms. The zero-order chi connectivity index (χ0) is 21.9. The lowest BCUT2D eigenvalue weighted by Crippen LogP contribution is -2.53. The summed E-state index contributed by atoms with van der Waals surface area (Å²) in [5.74, 6) is -3.07.